The molecule has 4 aliphatic heterocycles. The zero-order chi connectivity index (χ0) is 23.6. The Morgan fingerprint density at radius 1 is 1.18 bits per heavy atom. The number of piperidine rings is 1. The van der Waals surface area contributed by atoms with Crippen LogP contribution in [0.25, 0.3) is 0 Å². The Morgan fingerprint density at radius 3 is 2.85 bits per heavy atom. The van der Waals surface area contributed by atoms with Gasteiger partial charge in [0.15, 0.2) is 11.5 Å². The molecule has 0 aromatic heterocycles. The summed E-state index contributed by atoms with van der Waals surface area (Å²) in [5, 5.41) is 24.4. The van der Waals surface area contributed by atoms with Crippen molar-refractivity contribution < 1.29 is 47.4 Å². The fourth-order valence-corrected chi connectivity index (χ4v) is 7.46. The maximum atomic E-state index is 13.3. The number of amides is 2. The SMILES string of the molecule is O=C1N[C@@H]2C(C[C@H](O)[C@H]3OP(=O)(OCN4CCCCCC4=O)O[C@H]32)[C@@H]2C=C3OCOC3=C(O)C12. The second-order valence-electron chi connectivity index (χ2n) is 9.52. The second kappa shape index (κ2) is 8.23. The van der Waals surface area contributed by atoms with Gasteiger partial charge in [-0.25, -0.2) is 4.57 Å². The Balaban J connectivity index is 1.21. The fraction of sp³-hybridized carbons (Fsp3) is 0.714. The third-order valence-electron chi connectivity index (χ3n) is 7.56. The van der Waals surface area contributed by atoms with Crippen molar-refractivity contribution in [1.29, 1.82) is 0 Å². The molecule has 0 spiro atoms. The van der Waals surface area contributed by atoms with Crippen molar-refractivity contribution in [2.75, 3.05) is 20.1 Å². The molecule has 0 bridgehead atoms. The van der Waals surface area contributed by atoms with Crippen LogP contribution in [0.4, 0.5) is 0 Å². The van der Waals surface area contributed by atoms with Crippen LogP contribution in [0.1, 0.15) is 32.1 Å². The number of aliphatic hydroxyl groups excluding tert-OH is 2. The van der Waals surface area contributed by atoms with Crippen molar-refractivity contribution in [1.82, 2.24) is 10.2 Å². The summed E-state index contributed by atoms with van der Waals surface area (Å²) in [6, 6.07) is -0.630. The molecule has 34 heavy (non-hydrogen) atoms. The van der Waals surface area contributed by atoms with Crippen molar-refractivity contribution in [3.63, 3.8) is 0 Å². The van der Waals surface area contributed by atoms with Crippen molar-refractivity contribution >= 4 is 19.6 Å². The lowest BCUT2D eigenvalue weighted by Crippen LogP contribution is -2.65. The Hall–Kier alpha value is -2.11. The number of rotatable bonds is 3. The Bertz CT molecular complexity index is 1010. The lowest BCUT2D eigenvalue weighted by Gasteiger charge is -2.49. The Labute approximate surface area is 195 Å². The highest BCUT2D eigenvalue weighted by molar-refractivity contribution is 7.48. The number of ether oxygens (including phenoxy) is 2. The largest absolute Gasteiger partial charge is 0.507 e. The van der Waals surface area contributed by atoms with Crippen LogP contribution in [-0.2, 0) is 37.2 Å². The van der Waals surface area contributed by atoms with Gasteiger partial charge in [0.25, 0.3) is 0 Å². The molecule has 12 nitrogen and oxygen atoms in total. The molecule has 2 aliphatic carbocycles. The van der Waals surface area contributed by atoms with Gasteiger partial charge in [0.1, 0.15) is 24.9 Å². The molecule has 6 rings (SSSR count). The molecule has 186 valence electrons. The van der Waals surface area contributed by atoms with Crippen molar-refractivity contribution in [2.45, 2.75) is 56.5 Å². The van der Waals surface area contributed by atoms with E-state index in [0.717, 1.165) is 19.3 Å². The van der Waals surface area contributed by atoms with E-state index in [2.05, 4.69) is 5.32 Å². The molecule has 1 saturated carbocycles. The minimum atomic E-state index is -4.09. The second-order valence-corrected chi connectivity index (χ2v) is 11.1. The maximum absolute atomic E-state index is 13.3. The van der Waals surface area contributed by atoms with Gasteiger partial charge in [-0.15, -0.1) is 0 Å². The molecule has 3 N–H and O–H groups in total. The minimum absolute atomic E-state index is 0.0509. The average Bonchev–Trinajstić information content (AvgIpc) is 3.36. The van der Waals surface area contributed by atoms with Gasteiger partial charge in [0, 0.05) is 18.9 Å². The molecule has 0 aromatic rings. The standard InChI is InChI=1S/C21H27N2O10P/c24-12-6-11-10-7-13-19(30-9-29-13)17(26)15(10)21(27)22-16(11)20-18(12)32-34(28,33-20)31-8-23-5-3-1-2-4-14(23)25/h7,10-12,15-16,18,20,24,26H,1-6,8-9H2,(H,22,27)/t10-,11?,12-,15?,16+,18+,20-,34?/m0/s1. The summed E-state index contributed by atoms with van der Waals surface area (Å²) in [5.41, 5.74) is 0. The smallest absolute Gasteiger partial charge is 0.477 e. The predicted molar refractivity (Wildman–Crippen MR) is 111 cm³/mol. The molecule has 5 fully saturated rings. The number of fused-ring (bicyclic) bond motifs is 6. The highest BCUT2D eigenvalue weighted by Crippen LogP contribution is 2.61. The molecule has 4 saturated heterocycles. The number of phosphoric acid groups is 1. The van der Waals surface area contributed by atoms with E-state index in [1.165, 1.54) is 4.90 Å². The number of carbonyl (C=O) groups is 2. The molecule has 0 aromatic carbocycles. The number of likely N-dealkylation sites (tertiary alicyclic amines) is 1. The number of nitrogens with zero attached hydrogens (tertiary/aromatic N) is 1. The molecule has 6 aliphatic rings. The molecule has 8 atom stereocenters. The summed E-state index contributed by atoms with van der Waals surface area (Å²) in [5.74, 6) is -1.90. The van der Waals surface area contributed by atoms with E-state index in [1.54, 1.807) is 6.08 Å². The predicted octanol–water partition coefficient (Wildman–Crippen LogP) is 1.04. The number of hydrogen-bond donors (Lipinski definition) is 3. The van der Waals surface area contributed by atoms with E-state index in [0.29, 0.717) is 18.7 Å². The minimum Gasteiger partial charge on any atom is -0.507 e. The highest BCUT2D eigenvalue weighted by atomic mass is 31.2. The first-order valence-electron chi connectivity index (χ1n) is 11.6. The summed E-state index contributed by atoms with van der Waals surface area (Å²) in [7, 11) is -4.09. The zero-order valence-corrected chi connectivity index (χ0v) is 19.2. The van der Waals surface area contributed by atoms with Gasteiger partial charge in [-0.2, -0.15) is 0 Å². The lowest BCUT2D eigenvalue weighted by atomic mass is 9.64. The van der Waals surface area contributed by atoms with E-state index >= 15 is 0 Å². The van der Waals surface area contributed by atoms with E-state index < -0.39 is 49.9 Å². The van der Waals surface area contributed by atoms with Crippen LogP contribution in [0.5, 0.6) is 0 Å². The van der Waals surface area contributed by atoms with E-state index in [9.17, 15) is 24.4 Å². The Kier molecular flexibility index (Phi) is 5.42. The van der Waals surface area contributed by atoms with Crippen molar-refractivity contribution in [3.05, 3.63) is 23.4 Å². The summed E-state index contributed by atoms with van der Waals surface area (Å²) in [6.07, 6.45) is 2.02. The molecular weight excluding hydrogens is 471 g/mol. The van der Waals surface area contributed by atoms with Crippen LogP contribution < -0.4 is 5.32 Å². The summed E-state index contributed by atoms with van der Waals surface area (Å²) in [4.78, 5) is 26.7. The molecular formula is C21H27N2O10P. The van der Waals surface area contributed by atoms with Gasteiger partial charge in [-0.05, 0) is 31.3 Å². The molecule has 2 amide bonds. The van der Waals surface area contributed by atoms with Gasteiger partial charge in [-0.3, -0.25) is 23.2 Å². The van der Waals surface area contributed by atoms with Gasteiger partial charge in [0.2, 0.25) is 24.4 Å². The van der Waals surface area contributed by atoms with E-state index in [-0.39, 0.29) is 43.3 Å². The van der Waals surface area contributed by atoms with E-state index in [4.69, 9.17) is 23.0 Å². The van der Waals surface area contributed by atoms with E-state index in [1.807, 2.05) is 0 Å². The molecule has 13 heteroatoms. The van der Waals surface area contributed by atoms with Gasteiger partial charge < -0.3 is 29.9 Å². The van der Waals surface area contributed by atoms with Crippen molar-refractivity contribution in [2.24, 2.45) is 17.8 Å². The number of allylic oxidation sites excluding steroid dienone is 1. The number of hydrogen-bond acceptors (Lipinski definition) is 10. The highest BCUT2D eigenvalue weighted by Gasteiger charge is 2.62. The summed E-state index contributed by atoms with van der Waals surface area (Å²) in [6.45, 7) is 0.212. The fourth-order valence-electron chi connectivity index (χ4n) is 5.90. The summed E-state index contributed by atoms with van der Waals surface area (Å²) < 4.78 is 40.8. The normalized spacial score (nSPS) is 43.5. The van der Waals surface area contributed by atoms with Gasteiger partial charge >= 0.3 is 7.82 Å². The molecule has 3 unspecified atom stereocenters. The topological polar surface area (TPSA) is 153 Å². The monoisotopic (exact) mass is 498 g/mol. The van der Waals surface area contributed by atoms with Gasteiger partial charge in [0.05, 0.1) is 12.1 Å². The zero-order valence-electron chi connectivity index (χ0n) is 18.3. The first-order chi connectivity index (χ1) is 16.3. The number of nitrogens with one attached hydrogen (secondary N) is 1. The molecule has 4 heterocycles. The number of phosphoric ester groups is 1. The Morgan fingerprint density at radius 2 is 2.00 bits per heavy atom. The first-order valence-corrected chi connectivity index (χ1v) is 13.1. The lowest BCUT2D eigenvalue weighted by molar-refractivity contribution is -0.139. The third kappa shape index (κ3) is 3.54. The van der Waals surface area contributed by atoms with Crippen LogP contribution in [0.2, 0.25) is 0 Å². The number of aliphatic hydroxyl groups is 2. The van der Waals surface area contributed by atoms with Crippen LogP contribution in [0.3, 0.4) is 0 Å². The quantitative estimate of drug-likeness (QED) is 0.481. The average molecular weight is 498 g/mol. The van der Waals surface area contributed by atoms with Crippen LogP contribution in [0.15, 0.2) is 23.4 Å². The van der Waals surface area contributed by atoms with Crippen LogP contribution >= 0.6 is 7.82 Å². The van der Waals surface area contributed by atoms with Gasteiger partial charge in [-0.1, -0.05) is 6.42 Å². The van der Waals surface area contributed by atoms with Crippen molar-refractivity contribution in [3.8, 4) is 0 Å². The number of carbonyl (C=O) groups excluding carboxylic acids is 2. The summed E-state index contributed by atoms with van der Waals surface area (Å²) >= 11 is 0. The van der Waals surface area contributed by atoms with Crippen LogP contribution in [0, 0.1) is 17.8 Å². The third-order valence-corrected chi connectivity index (χ3v) is 8.99. The molecule has 0 radical (unpaired) electrons. The maximum Gasteiger partial charge on any atom is 0.477 e. The first kappa shape index (κ1) is 22.4. The van der Waals surface area contributed by atoms with Crippen LogP contribution in [-0.4, -0.2) is 71.3 Å².